The van der Waals surface area contributed by atoms with Crippen molar-refractivity contribution in [3.63, 3.8) is 0 Å². The Labute approximate surface area is 303 Å². The molecule has 0 aliphatic rings. The third-order valence-corrected chi connectivity index (χ3v) is 10.6. The summed E-state index contributed by atoms with van der Waals surface area (Å²) >= 11 is 0. The molecule has 0 N–H and O–H groups in total. The Bertz CT molecular complexity index is 2730. The lowest BCUT2D eigenvalue weighted by molar-refractivity contribution is 1.55. The van der Waals surface area contributed by atoms with Gasteiger partial charge in [0.1, 0.15) is 0 Å². The summed E-state index contributed by atoms with van der Waals surface area (Å²) in [4.78, 5) is 0. The van der Waals surface area contributed by atoms with Crippen LogP contribution >= 0.6 is 0 Å². The average molecular weight is 659 g/mol. The summed E-state index contributed by atoms with van der Waals surface area (Å²) < 4.78 is 0. The summed E-state index contributed by atoms with van der Waals surface area (Å²) in [6.45, 7) is 0. The zero-order valence-electron chi connectivity index (χ0n) is 28.6. The predicted molar refractivity (Wildman–Crippen MR) is 224 cm³/mol. The molecule has 10 aromatic carbocycles. The van der Waals surface area contributed by atoms with E-state index in [0.29, 0.717) is 0 Å². The Kier molecular flexibility index (Phi) is 7.25. The van der Waals surface area contributed by atoms with Crippen LogP contribution in [0.2, 0.25) is 0 Å². The van der Waals surface area contributed by atoms with Gasteiger partial charge in [-0.1, -0.05) is 158 Å². The van der Waals surface area contributed by atoms with Crippen molar-refractivity contribution in [1.82, 2.24) is 0 Å². The van der Waals surface area contributed by atoms with Crippen LogP contribution in [0.3, 0.4) is 0 Å². The molecule has 0 heterocycles. The fourth-order valence-electron chi connectivity index (χ4n) is 7.88. The minimum absolute atomic E-state index is 1.19. The van der Waals surface area contributed by atoms with Gasteiger partial charge in [0.2, 0.25) is 0 Å². The van der Waals surface area contributed by atoms with E-state index in [-0.39, 0.29) is 0 Å². The first kappa shape index (κ1) is 30.1. The smallest absolute Gasteiger partial charge is 0.00992 e. The molecule has 0 amide bonds. The van der Waals surface area contributed by atoms with Crippen molar-refractivity contribution in [2.45, 2.75) is 0 Å². The van der Waals surface area contributed by atoms with Gasteiger partial charge in [-0.25, -0.2) is 0 Å². The molecular formula is C52H34. The third-order valence-electron chi connectivity index (χ3n) is 10.6. The first-order chi connectivity index (χ1) is 25.7. The van der Waals surface area contributed by atoms with Crippen molar-refractivity contribution >= 4 is 43.1 Å². The van der Waals surface area contributed by atoms with E-state index >= 15 is 0 Å². The second kappa shape index (κ2) is 12.5. The van der Waals surface area contributed by atoms with Crippen LogP contribution in [0.5, 0.6) is 0 Å². The SMILES string of the molecule is c1ccc(-c2cc(-c3cc(-c4ccccc4)cc(-c4ccc5ccc6ccccc6c5c4)c3)cc(-c3ccc4ccc5ccccc5c4c3)c2)cc1. The topological polar surface area (TPSA) is 0 Å². The van der Waals surface area contributed by atoms with Crippen LogP contribution in [0.1, 0.15) is 0 Å². The molecule has 0 fully saturated rings. The molecule has 0 atom stereocenters. The molecule has 0 heteroatoms. The minimum Gasteiger partial charge on any atom is -0.0622 e. The van der Waals surface area contributed by atoms with Crippen LogP contribution in [0.15, 0.2) is 206 Å². The van der Waals surface area contributed by atoms with E-state index in [2.05, 4.69) is 206 Å². The van der Waals surface area contributed by atoms with Gasteiger partial charge in [-0.2, -0.15) is 0 Å². The van der Waals surface area contributed by atoms with Crippen LogP contribution < -0.4 is 0 Å². The Hall–Kier alpha value is -6.76. The normalized spacial score (nSPS) is 11.5. The molecule has 10 rings (SSSR count). The summed E-state index contributed by atoms with van der Waals surface area (Å²) in [7, 11) is 0. The van der Waals surface area contributed by atoms with Gasteiger partial charge in [0, 0.05) is 0 Å². The number of fused-ring (bicyclic) bond motifs is 6. The Balaban J connectivity index is 1.20. The van der Waals surface area contributed by atoms with Gasteiger partial charge < -0.3 is 0 Å². The maximum atomic E-state index is 2.38. The average Bonchev–Trinajstić information content (AvgIpc) is 3.23. The van der Waals surface area contributed by atoms with E-state index in [9.17, 15) is 0 Å². The molecule has 0 spiro atoms. The van der Waals surface area contributed by atoms with Gasteiger partial charge in [0.15, 0.2) is 0 Å². The summed E-state index contributed by atoms with van der Waals surface area (Å²) in [5, 5.41) is 10.2. The summed E-state index contributed by atoms with van der Waals surface area (Å²) in [5.74, 6) is 0. The van der Waals surface area contributed by atoms with Gasteiger partial charge in [0.25, 0.3) is 0 Å². The molecule has 0 unspecified atom stereocenters. The van der Waals surface area contributed by atoms with Crippen LogP contribution in [-0.2, 0) is 0 Å². The van der Waals surface area contributed by atoms with Gasteiger partial charge >= 0.3 is 0 Å². The molecule has 0 nitrogen and oxygen atoms in total. The molecule has 0 aliphatic heterocycles. The fraction of sp³-hybridized carbons (Fsp3) is 0. The maximum absolute atomic E-state index is 2.38. The fourth-order valence-corrected chi connectivity index (χ4v) is 7.88. The van der Waals surface area contributed by atoms with E-state index in [1.54, 1.807) is 0 Å². The summed E-state index contributed by atoms with van der Waals surface area (Å²) in [6, 6.07) is 75.8. The lowest BCUT2D eigenvalue weighted by Crippen LogP contribution is -1.90. The van der Waals surface area contributed by atoms with E-state index < -0.39 is 0 Å². The molecule has 0 bridgehead atoms. The van der Waals surface area contributed by atoms with Gasteiger partial charge in [-0.15, -0.1) is 0 Å². The summed E-state index contributed by atoms with van der Waals surface area (Å²) in [5.41, 5.74) is 12.0. The maximum Gasteiger partial charge on any atom is -0.00992 e. The van der Waals surface area contributed by atoms with Crippen LogP contribution in [0.4, 0.5) is 0 Å². The number of hydrogen-bond acceptors (Lipinski definition) is 0. The monoisotopic (exact) mass is 658 g/mol. The molecular weight excluding hydrogens is 625 g/mol. The first-order valence-corrected chi connectivity index (χ1v) is 18.0. The van der Waals surface area contributed by atoms with Gasteiger partial charge in [-0.05, 0) is 147 Å². The highest BCUT2D eigenvalue weighted by atomic mass is 14.2. The zero-order valence-corrected chi connectivity index (χ0v) is 28.6. The molecule has 0 aliphatic carbocycles. The molecule has 0 radical (unpaired) electrons. The highest BCUT2D eigenvalue weighted by molar-refractivity contribution is 6.10. The van der Waals surface area contributed by atoms with Crippen LogP contribution in [-0.4, -0.2) is 0 Å². The highest BCUT2D eigenvalue weighted by Crippen LogP contribution is 2.39. The van der Waals surface area contributed by atoms with Crippen LogP contribution in [0.25, 0.3) is 98.7 Å². The van der Waals surface area contributed by atoms with Gasteiger partial charge in [-0.3, -0.25) is 0 Å². The second-order valence-electron chi connectivity index (χ2n) is 13.8. The summed E-state index contributed by atoms with van der Waals surface area (Å²) in [6.07, 6.45) is 0. The molecule has 0 saturated heterocycles. The van der Waals surface area contributed by atoms with Crippen molar-refractivity contribution in [1.29, 1.82) is 0 Å². The Morgan fingerprint density at radius 1 is 0.154 bits per heavy atom. The largest absolute Gasteiger partial charge is 0.0622 e. The van der Waals surface area contributed by atoms with Gasteiger partial charge in [0.05, 0.1) is 0 Å². The number of rotatable bonds is 5. The molecule has 52 heavy (non-hydrogen) atoms. The van der Waals surface area contributed by atoms with E-state index in [1.807, 2.05) is 0 Å². The molecule has 242 valence electrons. The standard InChI is InChI=1S/C52H34/c1-3-11-35(12-4-1)43-27-45(41-25-23-39-21-19-37-15-7-9-17-49(37)51(39)33-41)31-47(29-43)48-30-44(36-13-5-2-6-14-36)28-46(32-48)42-26-24-40-22-20-38-16-8-10-18-50(38)52(40)34-42/h1-34H. The third kappa shape index (κ3) is 5.43. The first-order valence-electron chi connectivity index (χ1n) is 18.0. The van der Waals surface area contributed by atoms with Crippen molar-refractivity contribution in [2.24, 2.45) is 0 Å². The minimum atomic E-state index is 1.19. The van der Waals surface area contributed by atoms with Crippen molar-refractivity contribution in [2.75, 3.05) is 0 Å². The van der Waals surface area contributed by atoms with E-state index in [0.717, 1.165) is 0 Å². The quantitative estimate of drug-likeness (QED) is 0.161. The van der Waals surface area contributed by atoms with Crippen molar-refractivity contribution in [3.05, 3.63) is 206 Å². The number of benzene rings is 10. The van der Waals surface area contributed by atoms with Crippen molar-refractivity contribution in [3.8, 4) is 55.6 Å². The lowest BCUT2D eigenvalue weighted by atomic mass is 9.89. The zero-order chi connectivity index (χ0) is 34.4. The number of hydrogen-bond donors (Lipinski definition) is 0. The van der Waals surface area contributed by atoms with E-state index in [4.69, 9.17) is 0 Å². The van der Waals surface area contributed by atoms with Crippen molar-refractivity contribution < 1.29 is 0 Å². The predicted octanol–water partition coefficient (Wildman–Crippen LogP) is 14.6. The molecule has 0 aromatic heterocycles. The second-order valence-corrected chi connectivity index (χ2v) is 13.8. The van der Waals surface area contributed by atoms with E-state index in [1.165, 1.54) is 98.7 Å². The Morgan fingerprint density at radius 2 is 0.442 bits per heavy atom. The highest BCUT2D eigenvalue weighted by Gasteiger charge is 2.13. The molecule has 0 saturated carbocycles. The Morgan fingerprint density at radius 3 is 0.846 bits per heavy atom. The lowest BCUT2D eigenvalue weighted by Gasteiger charge is -2.15. The molecule has 10 aromatic rings. The van der Waals surface area contributed by atoms with Crippen LogP contribution in [0, 0.1) is 0 Å².